The molecule has 0 aliphatic carbocycles. The van der Waals surface area contributed by atoms with Crippen LogP contribution >= 0.6 is 0 Å². The molecule has 3 heteroatoms. The van der Waals surface area contributed by atoms with Crippen molar-refractivity contribution in [2.45, 2.75) is 32.5 Å². The first-order valence-corrected chi connectivity index (χ1v) is 10.3. The average molecular weight is 376 g/mol. The lowest BCUT2D eigenvalue weighted by atomic mass is 9.86. The van der Waals surface area contributed by atoms with Crippen molar-refractivity contribution in [2.75, 3.05) is 0 Å². The number of nitrogens with zero attached hydrogens (tertiary/aromatic N) is 2. The van der Waals surface area contributed by atoms with Crippen molar-refractivity contribution in [1.29, 1.82) is 0 Å². The molecule has 2 unspecified atom stereocenters. The lowest BCUT2D eigenvalue weighted by Crippen LogP contribution is -2.04. The van der Waals surface area contributed by atoms with E-state index in [1.807, 2.05) is 0 Å². The number of fused-ring (bicyclic) bond motifs is 13. The lowest BCUT2D eigenvalue weighted by Gasteiger charge is -2.16. The van der Waals surface area contributed by atoms with E-state index in [2.05, 4.69) is 79.1 Å². The van der Waals surface area contributed by atoms with Gasteiger partial charge in [0.15, 0.2) is 0 Å². The van der Waals surface area contributed by atoms with Crippen LogP contribution in [0.25, 0.3) is 28.1 Å². The number of aromatic nitrogens is 2. The zero-order valence-corrected chi connectivity index (χ0v) is 16.4. The van der Waals surface area contributed by atoms with E-state index in [9.17, 15) is 0 Å². The van der Waals surface area contributed by atoms with Gasteiger partial charge in [0.05, 0.1) is 11.0 Å². The molecule has 29 heavy (non-hydrogen) atoms. The normalized spacial score (nSPS) is 21.0. The largest absolute Gasteiger partial charge is 0.356 e. The third kappa shape index (κ3) is 1.89. The first kappa shape index (κ1) is 15.7. The van der Waals surface area contributed by atoms with Gasteiger partial charge in [0.25, 0.3) is 0 Å². The highest BCUT2D eigenvalue weighted by Crippen LogP contribution is 2.55. The number of ether oxygens (including phenoxy) is 1. The number of benzene rings is 3. The Morgan fingerprint density at radius 1 is 0.862 bits per heavy atom. The summed E-state index contributed by atoms with van der Waals surface area (Å²) in [6, 6.07) is 21.9. The van der Waals surface area contributed by atoms with E-state index in [0.717, 1.165) is 17.8 Å². The average Bonchev–Trinajstić information content (AvgIpc) is 3.40. The van der Waals surface area contributed by atoms with E-state index >= 15 is 0 Å². The molecule has 3 nitrogen and oxygen atoms in total. The SMILES string of the molecule is CC1=C(C)n2c(nc3cc4c(cc32)C2OC4c3ccccc32)-c2ccccc2C1. The molecule has 140 valence electrons. The van der Waals surface area contributed by atoms with Crippen LogP contribution in [0.3, 0.4) is 0 Å². The van der Waals surface area contributed by atoms with Gasteiger partial charge in [-0.2, -0.15) is 0 Å². The smallest absolute Gasteiger partial charge is 0.145 e. The third-order valence-corrected chi connectivity index (χ3v) is 6.92. The van der Waals surface area contributed by atoms with Gasteiger partial charge in [-0.15, -0.1) is 0 Å². The van der Waals surface area contributed by atoms with Crippen LogP contribution in [0.1, 0.15) is 53.9 Å². The molecule has 1 aromatic heterocycles. The monoisotopic (exact) mass is 376 g/mol. The van der Waals surface area contributed by atoms with E-state index in [-0.39, 0.29) is 12.2 Å². The van der Waals surface area contributed by atoms with Crippen LogP contribution in [0.2, 0.25) is 0 Å². The van der Waals surface area contributed by atoms with Gasteiger partial charge in [0.2, 0.25) is 0 Å². The number of rotatable bonds is 0. The summed E-state index contributed by atoms with van der Waals surface area (Å²) in [4.78, 5) is 5.13. The zero-order chi connectivity index (χ0) is 19.3. The summed E-state index contributed by atoms with van der Waals surface area (Å²) in [5, 5.41) is 0. The minimum atomic E-state index is 0.0442. The highest BCUT2D eigenvalue weighted by Gasteiger charge is 2.43. The second kappa shape index (κ2) is 5.25. The van der Waals surface area contributed by atoms with E-state index in [0.29, 0.717) is 0 Å². The molecule has 3 aliphatic heterocycles. The fourth-order valence-electron chi connectivity index (χ4n) is 5.38. The summed E-state index contributed by atoms with van der Waals surface area (Å²) in [5.74, 6) is 1.06. The molecular formula is C26H20N2O. The number of allylic oxidation sites excluding steroid dienone is 2. The first-order valence-electron chi connectivity index (χ1n) is 10.3. The van der Waals surface area contributed by atoms with Crippen LogP contribution < -0.4 is 0 Å². The van der Waals surface area contributed by atoms with E-state index in [1.165, 1.54) is 50.2 Å². The maximum Gasteiger partial charge on any atom is 0.145 e. The molecule has 2 bridgehead atoms. The van der Waals surface area contributed by atoms with Gasteiger partial charge in [-0.1, -0.05) is 48.5 Å². The molecule has 4 aromatic rings. The van der Waals surface area contributed by atoms with Gasteiger partial charge in [-0.25, -0.2) is 4.98 Å². The minimum Gasteiger partial charge on any atom is -0.356 e. The Morgan fingerprint density at radius 3 is 2.34 bits per heavy atom. The molecule has 0 N–H and O–H groups in total. The van der Waals surface area contributed by atoms with Crippen molar-refractivity contribution < 1.29 is 4.74 Å². The number of hydrogen-bond acceptors (Lipinski definition) is 2. The molecular weight excluding hydrogens is 356 g/mol. The third-order valence-electron chi connectivity index (χ3n) is 6.92. The first-order chi connectivity index (χ1) is 14.2. The molecule has 0 spiro atoms. The van der Waals surface area contributed by atoms with Gasteiger partial charge in [0, 0.05) is 11.3 Å². The summed E-state index contributed by atoms with van der Waals surface area (Å²) in [7, 11) is 0. The van der Waals surface area contributed by atoms with Crippen molar-refractivity contribution >= 4 is 16.7 Å². The van der Waals surface area contributed by atoms with Gasteiger partial charge < -0.3 is 4.74 Å². The Morgan fingerprint density at radius 2 is 1.55 bits per heavy atom. The topological polar surface area (TPSA) is 27.1 Å². The Bertz CT molecular complexity index is 1390. The van der Waals surface area contributed by atoms with Crippen LogP contribution in [0.4, 0.5) is 0 Å². The summed E-state index contributed by atoms with van der Waals surface area (Å²) in [6.07, 6.45) is 1.06. The maximum absolute atomic E-state index is 6.38. The summed E-state index contributed by atoms with van der Waals surface area (Å²) >= 11 is 0. The Balaban J connectivity index is 1.54. The van der Waals surface area contributed by atoms with Crippen LogP contribution in [0.15, 0.2) is 66.2 Å². The van der Waals surface area contributed by atoms with Crippen molar-refractivity contribution in [1.82, 2.24) is 9.55 Å². The minimum absolute atomic E-state index is 0.0442. The van der Waals surface area contributed by atoms with Crippen molar-refractivity contribution in [3.05, 3.63) is 94.1 Å². The van der Waals surface area contributed by atoms with E-state index in [1.54, 1.807) is 0 Å². The second-order valence-corrected chi connectivity index (χ2v) is 8.47. The van der Waals surface area contributed by atoms with Crippen molar-refractivity contribution in [3.63, 3.8) is 0 Å². The Hall–Kier alpha value is -3.17. The van der Waals surface area contributed by atoms with E-state index < -0.39 is 0 Å². The fraction of sp³-hybridized carbons (Fsp3) is 0.192. The van der Waals surface area contributed by atoms with E-state index in [4.69, 9.17) is 9.72 Å². The molecule has 3 aliphatic rings. The van der Waals surface area contributed by atoms with Crippen LogP contribution in [0, 0.1) is 0 Å². The zero-order valence-electron chi connectivity index (χ0n) is 16.4. The van der Waals surface area contributed by atoms with Gasteiger partial charge in [-0.3, -0.25) is 4.57 Å². The highest BCUT2D eigenvalue weighted by molar-refractivity contribution is 5.89. The molecule has 7 rings (SSSR count). The molecule has 0 radical (unpaired) electrons. The quantitative estimate of drug-likeness (QED) is 0.374. The highest BCUT2D eigenvalue weighted by atomic mass is 16.5. The predicted octanol–water partition coefficient (Wildman–Crippen LogP) is 6.03. The van der Waals surface area contributed by atoms with Crippen LogP contribution in [-0.4, -0.2) is 9.55 Å². The van der Waals surface area contributed by atoms with Crippen molar-refractivity contribution in [3.8, 4) is 11.4 Å². The molecule has 3 aromatic carbocycles. The summed E-state index contributed by atoms with van der Waals surface area (Å²) in [6.45, 7) is 4.46. The molecule has 0 saturated carbocycles. The fourth-order valence-corrected chi connectivity index (χ4v) is 5.38. The van der Waals surface area contributed by atoms with Gasteiger partial charge >= 0.3 is 0 Å². The standard InChI is InChI=1S/C26H20N2O/c1-14-11-16-7-3-4-8-17(16)26-27-22-12-20-21(13-23(22)28(26)15(14)2)25-19-10-6-5-9-18(19)24(20)29-25/h3-10,12-13,24-25H,11H2,1-2H3. The molecule has 4 heterocycles. The lowest BCUT2D eigenvalue weighted by molar-refractivity contribution is 0.0858. The molecule has 0 fully saturated rings. The second-order valence-electron chi connectivity index (χ2n) is 8.47. The van der Waals surface area contributed by atoms with Gasteiger partial charge in [-0.05, 0) is 65.8 Å². The number of imidazole rings is 1. The maximum atomic E-state index is 6.38. The summed E-state index contributed by atoms with van der Waals surface area (Å²) < 4.78 is 8.73. The van der Waals surface area contributed by atoms with Gasteiger partial charge in [0.1, 0.15) is 18.0 Å². The van der Waals surface area contributed by atoms with Crippen LogP contribution in [0.5, 0.6) is 0 Å². The summed E-state index contributed by atoms with van der Waals surface area (Å²) in [5.41, 5.74) is 12.7. The molecule has 2 atom stereocenters. The van der Waals surface area contributed by atoms with Crippen LogP contribution in [-0.2, 0) is 11.2 Å². The Labute approximate surface area is 169 Å². The molecule has 0 amide bonds. The number of hydrogen-bond donors (Lipinski definition) is 0. The molecule has 0 saturated heterocycles. The Kier molecular flexibility index (Phi) is 2.84. The predicted molar refractivity (Wildman–Crippen MR) is 115 cm³/mol. The van der Waals surface area contributed by atoms with Crippen molar-refractivity contribution in [2.24, 2.45) is 0 Å².